The first kappa shape index (κ1) is 18.9. The number of nitrogens with one attached hydrogen (secondary N) is 1. The molecule has 1 aliphatic rings. The van der Waals surface area contributed by atoms with Gasteiger partial charge >= 0.3 is 0 Å². The van der Waals surface area contributed by atoms with Gasteiger partial charge in [-0.3, -0.25) is 4.79 Å². The lowest BCUT2D eigenvalue weighted by molar-refractivity contribution is -0.157. The van der Waals surface area contributed by atoms with Crippen molar-refractivity contribution in [1.82, 2.24) is 15.2 Å². The fourth-order valence-corrected chi connectivity index (χ4v) is 3.74. The lowest BCUT2D eigenvalue weighted by Gasteiger charge is -2.38. The molecule has 1 unspecified atom stereocenters. The summed E-state index contributed by atoms with van der Waals surface area (Å²) >= 11 is 1.55. The summed E-state index contributed by atoms with van der Waals surface area (Å²) in [4.78, 5) is 18.5. The molecule has 26 heavy (non-hydrogen) atoms. The number of likely N-dealkylation sites (tertiary alicyclic amines) is 1. The summed E-state index contributed by atoms with van der Waals surface area (Å²) in [7, 11) is 0. The molecule has 1 aliphatic heterocycles. The van der Waals surface area contributed by atoms with Crippen LogP contribution < -0.4 is 5.32 Å². The summed E-state index contributed by atoms with van der Waals surface area (Å²) in [6.07, 6.45) is 1.01. The molecule has 1 atom stereocenters. The largest absolute Gasteiger partial charge is 0.379 e. The number of halogens is 2. The van der Waals surface area contributed by atoms with E-state index in [1.165, 1.54) is 11.0 Å². The average molecular weight is 381 g/mol. The summed E-state index contributed by atoms with van der Waals surface area (Å²) in [5.74, 6) is -2.26. The van der Waals surface area contributed by atoms with Crippen molar-refractivity contribution in [2.45, 2.75) is 38.5 Å². The van der Waals surface area contributed by atoms with E-state index in [-0.39, 0.29) is 13.1 Å². The maximum atomic E-state index is 13.4. The summed E-state index contributed by atoms with van der Waals surface area (Å²) < 4.78 is 26.4. The molecule has 1 aromatic carbocycles. The molecule has 3 rings (SSSR count). The highest BCUT2D eigenvalue weighted by atomic mass is 32.1. The molecule has 8 heteroatoms. The van der Waals surface area contributed by atoms with Crippen LogP contribution in [0.25, 0.3) is 0 Å². The Morgan fingerprint density at radius 2 is 2.19 bits per heavy atom. The quantitative estimate of drug-likeness (QED) is 0.806. The van der Waals surface area contributed by atoms with Crippen molar-refractivity contribution >= 4 is 17.2 Å². The van der Waals surface area contributed by atoms with Crippen LogP contribution in [0.15, 0.2) is 23.6 Å². The normalized spacial score (nSPS) is 20.6. The average Bonchev–Trinajstić information content (AvgIpc) is 3.01. The van der Waals surface area contributed by atoms with Crippen LogP contribution in [-0.4, -0.2) is 39.6 Å². The van der Waals surface area contributed by atoms with Gasteiger partial charge in [0.25, 0.3) is 5.91 Å². The summed E-state index contributed by atoms with van der Waals surface area (Å²) in [6.45, 7) is 3.14. The molecule has 1 saturated heterocycles. The molecule has 0 spiro atoms. The fourth-order valence-electron chi connectivity index (χ4n) is 3.13. The highest BCUT2D eigenvalue weighted by Crippen LogP contribution is 2.24. The Morgan fingerprint density at radius 1 is 1.38 bits per heavy atom. The van der Waals surface area contributed by atoms with Crippen molar-refractivity contribution in [3.63, 3.8) is 0 Å². The minimum Gasteiger partial charge on any atom is -0.379 e. The van der Waals surface area contributed by atoms with Crippen molar-refractivity contribution in [1.29, 1.82) is 0 Å². The Balaban J connectivity index is 1.61. The van der Waals surface area contributed by atoms with Gasteiger partial charge in [-0.15, -0.1) is 11.3 Å². The molecule has 0 saturated carbocycles. The van der Waals surface area contributed by atoms with Gasteiger partial charge in [-0.25, -0.2) is 13.8 Å². The number of carbonyl (C=O) groups excluding carboxylic acids is 1. The molecule has 0 aliphatic carbocycles. The van der Waals surface area contributed by atoms with E-state index in [0.29, 0.717) is 31.5 Å². The van der Waals surface area contributed by atoms with Gasteiger partial charge in [0.1, 0.15) is 0 Å². The number of aliphatic hydroxyl groups is 1. The molecular weight excluding hydrogens is 360 g/mol. The number of aryl methyl sites for hydroxylation is 1. The Labute approximate surface area is 154 Å². The second-order valence-corrected chi connectivity index (χ2v) is 7.63. The van der Waals surface area contributed by atoms with Crippen molar-refractivity contribution in [2.75, 3.05) is 13.1 Å². The van der Waals surface area contributed by atoms with Gasteiger partial charge in [-0.05, 0) is 37.5 Å². The van der Waals surface area contributed by atoms with E-state index in [4.69, 9.17) is 0 Å². The Morgan fingerprint density at radius 3 is 2.88 bits per heavy atom. The molecule has 0 bridgehead atoms. The van der Waals surface area contributed by atoms with Gasteiger partial charge in [0.15, 0.2) is 17.2 Å². The molecule has 2 N–H and O–H groups in total. The zero-order valence-corrected chi connectivity index (χ0v) is 15.3. The zero-order chi connectivity index (χ0) is 18.7. The number of rotatable bonds is 6. The van der Waals surface area contributed by atoms with Gasteiger partial charge in [-0.1, -0.05) is 6.07 Å². The maximum absolute atomic E-state index is 13.4. The minimum absolute atomic E-state index is 0.122. The Kier molecular flexibility index (Phi) is 5.64. The highest BCUT2D eigenvalue weighted by Gasteiger charge is 2.41. The van der Waals surface area contributed by atoms with Crippen LogP contribution in [0, 0.1) is 18.6 Å². The lowest BCUT2D eigenvalue weighted by atomic mass is 9.91. The summed E-state index contributed by atoms with van der Waals surface area (Å²) in [5, 5.41) is 16.8. The first-order chi connectivity index (χ1) is 12.4. The molecule has 0 radical (unpaired) electrons. The van der Waals surface area contributed by atoms with Crippen LogP contribution in [0.3, 0.4) is 0 Å². The van der Waals surface area contributed by atoms with E-state index in [1.807, 2.05) is 12.3 Å². The minimum atomic E-state index is -1.50. The van der Waals surface area contributed by atoms with Gasteiger partial charge in [0, 0.05) is 31.6 Å². The van der Waals surface area contributed by atoms with E-state index in [2.05, 4.69) is 10.3 Å². The smallest absolute Gasteiger partial charge is 0.256 e. The van der Waals surface area contributed by atoms with Crippen molar-refractivity contribution in [2.24, 2.45) is 0 Å². The first-order valence-electron chi connectivity index (χ1n) is 8.45. The molecule has 140 valence electrons. The number of aromatic nitrogens is 1. The molecule has 2 aromatic rings. The van der Waals surface area contributed by atoms with Gasteiger partial charge < -0.3 is 15.3 Å². The number of amides is 1. The summed E-state index contributed by atoms with van der Waals surface area (Å²) in [6, 6.07) is 3.57. The van der Waals surface area contributed by atoms with Gasteiger partial charge in [-0.2, -0.15) is 0 Å². The predicted molar refractivity (Wildman–Crippen MR) is 94.5 cm³/mol. The molecule has 2 heterocycles. The van der Waals surface area contributed by atoms with E-state index in [1.54, 1.807) is 11.3 Å². The SMILES string of the molecule is Cc1nc(CNCC2(O)CCCN(Cc3ccc(F)c(F)c3)C2=O)cs1. The van der Waals surface area contributed by atoms with Gasteiger partial charge in [0.05, 0.1) is 10.7 Å². The van der Waals surface area contributed by atoms with Crippen LogP contribution in [0.4, 0.5) is 8.78 Å². The van der Waals surface area contributed by atoms with Crippen LogP contribution in [-0.2, 0) is 17.9 Å². The zero-order valence-electron chi connectivity index (χ0n) is 14.5. The molecule has 1 aromatic heterocycles. The van der Waals surface area contributed by atoms with Crippen molar-refractivity contribution < 1.29 is 18.7 Å². The Bertz CT molecular complexity index is 798. The second-order valence-electron chi connectivity index (χ2n) is 6.57. The number of hydrogen-bond donors (Lipinski definition) is 2. The van der Waals surface area contributed by atoms with Crippen LogP contribution in [0.5, 0.6) is 0 Å². The third kappa shape index (κ3) is 4.25. The van der Waals surface area contributed by atoms with Gasteiger partial charge in [0.2, 0.25) is 0 Å². The molecular formula is C18H21F2N3O2S. The monoisotopic (exact) mass is 381 g/mol. The van der Waals surface area contributed by atoms with Crippen LogP contribution in [0.1, 0.15) is 29.1 Å². The summed E-state index contributed by atoms with van der Waals surface area (Å²) in [5.41, 5.74) is -0.132. The van der Waals surface area contributed by atoms with E-state index in [9.17, 15) is 18.7 Å². The maximum Gasteiger partial charge on any atom is 0.256 e. The van der Waals surface area contributed by atoms with E-state index < -0.39 is 23.1 Å². The fraction of sp³-hybridized carbons (Fsp3) is 0.444. The molecule has 1 fully saturated rings. The number of carbonyl (C=O) groups is 1. The lowest BCUT2D eigenvalue weighted by Crippen LogP contribution is -2.57. The third-order valence-electron chi connectivity index (χ3n) is 4.45. The predicted octanol–water partition coefficient (Wildman–Crippen LogP) is 2.37. The van der Waals surface area contributed by atoms with Crippen molar-refractivity contribution in [3.8, 4) is 0 Å². The standard InChI is InChI=1S/C18H21F2N3O2S/c1-12-22-14(10-26-12)8-21-11-18(25)5-2-6-23(17(18)24)9-13-3-4-15(19)16(20)7-13/h3-4,7,10,21,25H,2,5-6,8-9,11H2,1H3. The van der Waals surface area contributed by atoms with E-state index >= 15 is 0 Å². The highest BCUT2D eigenvalue weighted by molar-refractivity contribution is 7.09. The topological polar surface area (TPSA) is 65.5 Å². The van der Waals surface area contributed by atoms with E-state index in [0.717, 1.165) is 22.8 Å². The second kappa shape index (κ2) is 7.77. The molecule has 5 nitrogen and oxygen atoms in total. The number of nitrogens with zero attached hydrogens (tertiary/aromatic N) is 2. The number of hydrogen-bond acceptors (Lipinski definition) is 5. The van der Waals surface area contributed by atoms with Crippen LogP contribution >= 0.6 is 11.3 Å². The van der Waals surface area contributed by atoms with Crippen LogP contribution in [0.2, 0.25) is 0 Å². The third-order valence-corrected chi connectivity index (χ3v) is 5.27. The molecule has 1 amide bonds. The number of piperidine rings is 1. The number of thiazole rings is 1. The first-order valence-corrected chi connectivity index (χ1v) is 9.33. The number of benzene rings is 1. The van der Waals surface area contributed by atoms with Crippen molar-refractivity contribution in [3.05, 3.63) is 51.5 Å². The Hall–Kier alpha value is -1.90.